The Morgan fingerprint density at radius 2 is 1.68 bits per heavy atom. The smallest absolute Gasteiger partial charge is 0.329 e. The van der Waals surface area contributed by atoms with E-state index in [0.29, 0.717) is 32.7 Å². The summed E-state index contributed by atoms with van der Waals surface area (Å²) in [6.07, 6.45) is 1.30. The molecule has 0 fully saturated rings. The van der Waals surface area contributed by atoms with Gasteiger partial charge in [0.25, 0.3) is 5.91 Å². The molecule has 0 aliphatic carbocycles. The van der Waals surface area contributed by atoms with Crippen LogP contribution in [0.4, 0.5) is 11.4 Å². The molecule has 0 aromatic heterocycles. The zero-order valence-electron chi connectivity index (χ0n) is 18.0. The van der Waals surface area contributed by atoms with E-state index in [2.05, 4.69) is 21.2 Å². The Morgan fingerprint density at radius 1 is 0.912 bits per heavy atom. The second-order valence-electron chi connectivity index (χ2n) is 7.00. The Balaban J connectivity index is 1.55. The minimum Gasteiger partial charge on any atom is -0.483 e. The number of aryl methyl sites for hydroxylation is 1. The zero-order valence-corrected chi connectivity index (χ0v) is 19.5. The third-order valence-corrected chi connectivity index (χ3v) is 4.88. The molecular formula is C24H20Cl2N4O4. The fraction of sp³-hybridized carbons (Fsp3) is 0.0833. The molecule has 3 N–H and O–H groups in total. The summed E-state index contributed by atoms with van der Waals surface area (Å²) in [6, 6.07) is 18.4. The van der Waals surface area contributed by atoms with Gasteiger partial charge in [-0.15, -0.1) is 0 Å². The van der Waals surface area contributed by atoms with Crippen LogP contribution in [0.15, 0.2) is 71.8 Å². The van der Waals surface area contributed by atoms with Crippen LogP contribution in [0.3, 0.4) is 0 Å². The van der Waals surface area contributed by atoms with E-state index in [1.807, 2.05) is 6.92 Å². The summed E-state index contributed by atoms with van der Waals surface area (Å²) in [7, 11) is 0. The SMILES string of the molecule is Cc1ccc(Cl)cc1NC(=O)COc1ccccc1/C=N\NC(=O)C(=O)Nc1cccc(Cl)c1. The minimum absolute atomic E-state index is 0.259. The number of ether oxygens (including phenoxy) is 1. The van der Waals surface area contributed by atoms with Gasteiger partial charge in [0, 0.05) is 27.0 Å². The highest BCUT2D eigenvalue weighted by Crippen LogP contribution is 2.21. The van der Waals surface area contributed by atoms with E-state index in [4.69, 9.17) is 27.9 Å². The number of halogens is 2. The number of nitrogens with one attached hydrogen (secondary N) is 3. The summed E-state index contributed by atoms with van der Waals surface area (Å²) in [5, 5.41) is 9.88. The predicted octanol–water partition coefficient (Wildman–Crippen LogP) is 4.41. The van der Waals surface area contributed by atoms with Gasteiger partial charge in [0.15, 0.2) is 6.61 Å². The standard InChI is InChI=1S/C24H20Cl2N4O4/c1-15-9-10-18(26)12-20(15)29-22(31)14-34-21-8-3-2-5-16(21)13-27-30-24(33)23(32)28-19-7-4-6-17(25)11-19/h2-13H,14H2,1H3,(H,28,32)(H,29,31)(H,30,33)/b27-13-. The maximum Gasteiger partial charge on any atom is 0.329 e. The van der Waals surface area contributed by atoms with Crippen molar-refractivity contribution in [2.45, 2.75) is 6.92 Å². The van der Waals surface area contributed by atoms with Crippen LogP contribution in [0, 0.1) is 6.92 Å². The number of hydrogen-bond acceptors (Lipinski definition) is 5. The number of carbonyl (C=O) groups excluding carboxylic acids is 3. The number of benzene rings is 3. The van der Waals surface area contributed by atoms with Crippen molar-refractivity contribution in [2.75, 3.05) is 17.2 Å². The van der Waals surface area contributed by atoms with Crippen molar-refractivity contribution in [2.24, 2.45) is 5.10 Å². The van der Waals surface area contributed by atoms with Crippen molar-refractivity contribution in [3.8, 4) is 5.75 Å². The van der Waals surface area contributed by atoms with Crippen molar-refractivity contribution in [3.05, 3.63) is 87.9 Å². The molecule has 3 aromatic rings. The Kier molecular flexibility index (Phi) is 8.61. The molecule has 10 heteroatoms. The molecule has 0 saturated carbocycles. The molecule has 0 unspecified atom stereocenters. The second-order valence-corrected chi connectivity index (χ2v) is 7.87. The molecule has 0 spiro atoms. The number of carbonyl (C=O) groups is 3. The van der Waals surface area contributed by atoms with Crippen LogP contribution in [0.1, 0.15) is 11.1 Å². The van der Waals surface area contributed by atoms with Crippen LogP contribution in [0.2, 0.25) is 10.0 Å². The average molecular weight is 499 g/mol. The van der Waals surface area contributed by atoms with Crippen molar-refractivity contribution in [3.63, 3.8) is 0 Å². The van der Waals surface area contributed by atoms with Gasteiger partial charge in [-0.2, -0.15) is 5.10 Å². The molecule has 0 aliphatic rings. The van der Waals surface area contributed by atoms with Gasteiger partial charge in [-0.3, -0.25) is 14.4 Å². The molecule has 3 rings (SSSR count). The number of rotatable bonds is 7. The van der Waals surface area contributed by atoms with Gasteiger partial charge in [-0.05, 0) is 55.0 Å². The Bertz CT molecular complexity index is 1250. The first-order chi connectivity index (χ1) is 16.3. The molecule has 3 aromatic carbocycles. The Morgan fingerprint density at radius 3 is 2.47 bits per heavy atom. The lowest BCUT2D eigenvalue weighted by Crippen LogP contribution is -2.32. The minimum atomic E-state index is -0.967. The molecule has 174 valence electrons. The number of hydrogen-bond donors (Lipinski definition) is 3. The largest absolute Gasteiger partial charge is 0.483 e. The van der Waals surface area contributed by atoms with Crippen LogP contribution in [-0.2, 0) is 14.4 Å². The average Bonchev–Trinajstić information content (AvgIpc) is 2.80. The number of hydrazone groups is 1. The summed E-state index contributed by atoms with van der Waals surface area (Å²) < 4.78 is 5.60. The highest BCUT2D eigenvalue weighted by molar-refractivity contribution is 6.39. The van der Waals surface area contributed by atoms with Crippen molar-refractivity contribution in [1.29, 1.82) is 0 Å². The van der Waals surface area contributed by atoms with Crippen LogP contribution < -0.4 is 20.8 Å². The normalized spacial score (nSPS) is 10.6. The van der Waals surface area contributed by atoms with Crippen molar-refractivity contribution < 1.29 is 19.1 Å². The summed E-state index contributed by atoms with van der Waals surface area (Å²) in [6.45, 7) is 1.59. The van der Waals surface area contributed by atoms with Crippen molar-refractivity contribution >= 4 is 58.5 Å². The molecular weight excluding hydrogens is 479 g/mol. The van der Waals surface area contributed by atoms with Gasteiger partial charge in [0.05, 0.1) is 6.21 Å². The highest BCUT2D eigenvalue weighted by Gasteiger charge is 2.13. The maximum atomic E-state index is 12.3. The van der Waals surface area contributed by atoms with Crippen LogP contribution in [0.5, 0.6) is 5.75 Å². The lowest BCUT2D eigenvalue weighted by Gasteiger charge is -2.11. The van der Waals surface area contributed by atoms with Gasteiger partial charge in [-0.25, -0.2) is 5.43 Å². The number of nitrogens with zero attached hydrogens (tertiary/aromatic N) is 1. The Labute approximate surface area is 205 Å². The van der Waals surface area contributed by atoms with Gasteiger partial charge < -0.3 is 15.4 Å². The number of anilines is 2. The van der Waals surface area contributed by atoms with Gasteiger partial charge in [0.2, 0.25) is 0 Å². The van der Waals surface area contributed by atoms with E-state index in [9.17, 15) is 14.4 Å². The number of amides is 3. The van der Waals surface area contributed by atoms with Crippen LogP contribution >= 0.6 is 23.2 Å². The second kappa shape index (κ2) is 11.8. The lowest BCUT2D eigenvalue weighted by atomic mass is 10.2. The summed E-state index contributed by atoms with van der Waals surface area (Å²) >= 11 is 11.8. The molecule has 0 heterocycles. The van der Waals surface area contributed by atoms with E-state index < -0.39 is 11.8 Å². The molecule has 0 aliphatic heterocycles. The molecule has 3 amide bonds. The molecule has 0 atom stereocenters. The van der Waals surface area contributed by atoms with Crippen molar-refractivity contribution in [1.82, 2.24) is 5.43 Å². The molecule has 34 heavy (non-hydrogen) atoms. The Hall–Kier alpha value is -3.88. The third kappa shape index (κ3) is 7.33. The van der Waals surface area contributed by atoms with E-state index in [0.717, 1.165) is 5.56 Å². The maximum absolute atomic E-state index is 12.3. The number of para-hydroxylation sites is 1. The van der Waals surface area contributed by atoms with Gasteiger partial charge in [0.1, 0.15) is 5.75 Å². The van der Waals surface area contributed by atoms with Gasteiger partial charge in [-0.1, -0.05) is 47.5 Å². The molecule has 0 radical (unpaired) electrons. The van der Waals surface area contributed by atoms with E-state index in [-0.39, 0.29) is 12.5 Å². The highest BCUT2D eigenvalue weighted by atomic mass is 35.5. The monoisotopic (exact) mass is 498 g/mol. The lowest BCUT2D eigenvalue weighted by molar-refractivity contribution is -0.136. The van der Waals surface area contributed by atoms with Gasteiger partial charge >= 0.3 is 11.8 Å². The summed E-state index contributed by atoms with van der Waals surface area (Å²) in [5.74, 6) is -1.88. The van der Waals surface area contributed by atoms with E-state index in [1.54, 1.807) is 60.7 Å². The predicted molar refractivity (Wildman–Crippen MR) is 133 cm³/mol. The topological polar surface area (TPSA) is 109 Å². The fourth-order valence-corrected chi connectivity index (χ4v) is 3.10. The molecule has 0 bridgehead atoms. The molecule has 0 saturated heterocycles. The first-order valence-corrected chi connectivity index (χ1v) is 10.7. The van der Waals surface area contributed by atoms with E-state index >= 15 is 0 Å². The third-order valence-electron chi connectivity index (χ3n) is 4.41. The summed E-state index contributed by atoms with van der Waals surface area (Å²) in [4.78, 5) is 36.3. The quantitative estimate of drug-likeness (QED) is 0.254. The molecule has 8 nitrogen and oxygen atoms in total. The first kappa shape index (κ1) is 24.8. The van der Waals surface area contributed by atoms with E-state index in [1.165, 1.54) is 12.3 Å². The van der Waals surface area contributed by atoms with Crippen LogP contribution in [0.25, 0.3) is 0 Å². The summed E-state index contributed by atoms with van der Waals surface area (Å²) in [5.41, 5.74) is 4.46. The van der Waals surface area contributed by atoms with Crippen LogP contribution in [-0.4, -0.2) is 30.5 Å². The first-order valence-electron chi connectivity index (χ1n) is 9.99. The zero-order chi connectivity index (χ0) is 24.5. The fourth-order valence-electron chi connectivity index (χ4n) is 2.74.